The van der Waals surface area contributed by atoms with Gasteiger partial charge in [-0.05, 0) is 34.5 Å². The average molecular weight is 525 g/mol. The third-order valence-electron chi connectivity index (χ3n) is 7.12. The summed E-state index contributed by atoms with van der Waals surface area (Å²) in [7, 11) is 1.44. The Morgan fingerprint density at radius 2 is 1.28 bits per heavy atom. The number of rotatable bonds is 9. The van der Waals surface area contributed by atoms with E-state index in [1.807, 2.05) is 12.5 Å². The fraction of sp³-hybridized carbons (Fsp3) is 0.114. The average Bonchev–Trinajstić information content (AvgIpc) is 3.56. The van der Waals surface area contributed by atoms with Gasteiger partial charge in [0, 0.05) is 12.4 Å². The van der Waals surface area contributed by atoms with Gasteiger partial charge in [0.15, 0.2) is 0 Å². The summed E-state index contributed by atoms with van der Waals surface area (Å²) < 4.78 is 2.26. The minimum atomic E-state index is -0.801. The molecule has 0 saturated carbocycles. The number of aromatic nitrogens is 2. The van der Waals surface area contributed by atoms with Gasteiger partial charge in [-0.2, -0.15) is 0 Å². The molecular formula is C35H37BN2Si. The summed E-state index contributed by atoms with van der Waals surface area (Å²) in [4.78, 5) is 4.35. The van der Waals surface area contributed by atoms with Crippen molar-refractivity contribution in [3.8, 4) is 0 Å². The molecule has 0 unspecified atom stereocenters. The first-order chi connectivity index (χ1) is 19.1. The van der Waals surface area contributed by atoms with Crippen molar-refractivity contribution in [2.45, 2.75) is 24.3 Å². The van der Waals surface area contributed by atoms with E-state index < -0.39 is 9.52 Å². The van der Waals surface area contributed by atoms with Crippen LogP contribution in [0, 0.1) is 0 Å². The molecule has 0 atom stereocenters. The molecular weight excluding hydrogens is 487 g/mol. The number of nitrogens with zero attached hydrogens (tertiary/aromatic N) is 2. The van der Waals surface area contributed by atoms with E-state index in [0.29, 0.717) is 5.82 Å². The van der Waals surface area contributed by atoms with Crippen LogP contribution in [0.25, 0.3) is 0 Å². The Bertz CT molecular complexity index is 1340. The second-order valence-electron chi connectivity index (χ2n) is 9.75. The summed E-state index contributed by atoms with van der Waals surface area (Å²) in [6, 6.07) is 42.7. The van der Waals surface area contributed by atoms with E-state index in [4.69, 9.17) is 0 Å². The molecule has 5 aromatic rings. The quantitative estimate of drug-likeness (QED) is 0.155. The Morgan fingerprint density at radius 1 is 0.821 bits per heavy atom. The molecule has 0 bridgehead atoms. The van der Waals surface area contributed by atoms with E-state index in [0.717, 1.165) is 6.42 Å². The number of allylic oxidation sites excluding steroid dienone is 3. The van der Waals surface area contributed by atoms with E-state index in [-0.39, 0.29) is 5.16 Å². The predicted molar refractivity (Wildman–Crippen MR) is 172 cm³/mol. The summed E-state index contributed by atoms with van der Waals surface area (Å²) in [5, 5.41) is 1.01. The zero-order valence-electron chi connectivity index (χ0n) is 23.0. The Kier molecular flexibility index (Phi) is 10.1. The van der Waals surface area contributed by atoms with Crippen molar-refractivity contribution >= 4 is 17.4 Å². The predicted octanol–water partition coefficient (Wildman–Crippen LogP) is 6.69. The van der Waals surface area contributed by atoms with Gasteiger partial charge in [0.05, 0.1) is 21.0 Å². The summed E-state index contributed by atoms with van der Waals surface area (Å²) in [5.41, 5.74) is 5.33. The Labute approximate surface area is 237 Å². The van der Waals surface area contributed by atoms with Gasteiger partial charge in [-0.1, -0.05) is 146 Å². The van der Waals surface area contributed by atoms with Crippen molar-refractivity contribution in [2.75, 3.05) is 0 Å². The van der Waals surface area contributed by atoms with E-state index in [1.165, 1.54) is 27.5 Å². The van der Waals surface area contributed by atoms with Gasteiger partial charge in [-0.3, -0.25) is 0 Å². The Balaban J connectivity index is 0.000000212. The van der Waals surface area contributed by atoms with Gasteiger partial charge in [0.25, 0.3) is 0 Å². The van der Waals surface area contributed by atoms with E-state index in [9.17, 15) is 0 Å². The Hall–Kier alpha value is -4.15. The topological polar surface area (TPSA) is 17.8 Å². The van der Waals surface area contributed by atoms with Gasteiger partial charge >= 0.3 is 0 Å². The molecule has 0 aliphatic heterocycles. The lowest BCUT2D eigenvalue weighted by molar-refractivity contribution is 0.595. The molecule has 0 amide bonds. The summed E-state index contributed by atoms with van der Waals surface area (Å²) in [6.45, 7) is 6.53. The molecule has 0 aliphatic rings. The lowest BCUT2D eigenvalue weighted by atomic mass is 9.76. The molecule has 194 valence electrons. The van der Waals surface area contributed by atoms with E-state index >= 15 is 0 Å². The zero-order chi connectivity index (χ0) is 27.3. The van der Waals surface area contributed by atoms with Gasteiger partial charge in [0.2, 0.25) is 0 Å². The standard InChI is InChI=1S/C22H24N2Si.C13H13B/c1-3-4-11-19(2)25-22(24-17-16-23-18-24,20-12-7-5-8-13-20)21-14-9-6-10-15-21;14-13(11-7-3-1-4-8-11)12-9-5-2-6-10-12/h4-18H,2-3,25H2,1H3;1-10,13H,14H2. The number of hydrogen-bond donors (Lipinski definition) is 0. The van der Waals surface area contributed by atoms with Crippen LogP contribution in [-0.4, -0.2) is 26.9 Å². The molecule has 5 rings (SSSR count). The van der Waals surface area contributed by atoms with Crippen molar-refractivity contribution < 1.29 is 0 Å². The van der Waals surface area contributed by atoms with Crippen LogP contribution in [0.15, 0.2) is 164 Å². The van der Waals surface area contributed by atoms with E-state index in [2.05, 4.69) is 171 Å². The van der Waals surface area contributed by atoms with Crippen LogP contribution in [0.5, 0.6) is 0 Å². The number of imidazole rings is 1. The van der Waals surface area contributed by atoms with Crippen LogP contribution in [0.4, 0.5) is 0 Å². The molecule has 1 heterocycles. The molecule has 4 aromatic carbocycles. The molecule has 0 N–H and O–H groups in total. The van der Waals surface area contributed by atoms with Crippen LogP contribution >= 0.6 is 0 Å². The van der Waals surface area contributed by atoms with Crippen molar-refractivity contribution in [2.24, 2.45) is 0 Å². The van der Waals surface area contributed by atoms with Crippen LogP contribution in [0.3, 0.4) is 0 Å². The third kappa shape index (κ3) is 7.04. The Morgan fingerprint density at radius 3 is 1.69 bits per heavy atom. The van der Waals surface area contributed by atoms with Crippen LogP contribution in [0.2, 0.25) is 0 Å². The third-order valence-corrected chi connectivity index (χ3v) is 9.50. The smallest absolute Gasteiger partial charge is 0.116 e. The summed E-state index contributed by atoms with van der Waals surface area (Å²) in [5.74, 6) is 0.484. The zero-order valence-corrected chi connectivity index (χ0v) is 24.4. The maximum absolute atomic E-state index is 4.38. The normalized spacial score (nSPS) is 11.5. The molecule has 1 aromatic heterocycles. The largest absolute Gasteiger partial charge is 0.326 e. The highest BCUT2D eigenvalue weighted by atomic mass is 28.2. The minimum absolute atomic E-state index is 0.228. The molecule has 0 fully saturated rings. The maximum atomic E-state index is 4.38. The van der Waals surface area contributed by atoms with Gasteiger partial charge in [-0.15, -0.1) is 6.58 Å². The van der Waals surface area contributed by atoms with E-state index in [1.54, 1.807) is 0 Å². The van der Waals surface area contributed by atoms with Crippen LogP contribution in [0.1, 0.15) is 41.4 Å². The fourth-order valence-corrected chi connectivity index (χ4v) is 7.21. The van der Waals surface area contributed by atoms with Crippen molar-refractivity contribution in [1.29, 1.82) is 0 Å². The van der Waals surface area contributed by atoms with Crippen molar-refractivity contribution in [3.63, 3.8) is 0 Å². The monoisotopic (exact) mass is 524 g/mol. The van der Waals surface area contributed by atoms with Crippen LogP contribution in [-0.2, 0) is 5.16 Å². The van der Waals surface area contributed by atoms with Crippen molar-refractivity contribution in [3.05, 3.63) is 186 Å². The highest BCUT2D eigenvalue weighted by molar-refractivity contribution is 6.51. The maximum Gasteiger partial charge on any atom is 0.116 e. The van der Waals surface area contributed by atoms with Gasteiger partial charge in [0.1, 0.15) is 7.85 Å². The van der Waals surface area contributed by atoms with Crippen LogP contribution < -0.4 is 0 Å². The molecule has 4 heteroatoms. The first-order valence-corrected chi connectivity index (χ1v) is 15.1. The minimum Gasteiger partial charge on any atom is -0.326 e. The summed E-state index contributed by atoms with van der Waals surface area (Å²) in [6.07, 6.45) is 11.3. The molecule has 39 heavy (non-hydrogen) atoms. The fourth-order valence-electron chi connectivity index (χ4n) is 5.02. The number of hydrogen-bond acceptors (Lipinski definition) is 1. The highest BCUT2D eigenvalue weighted by Crippen LogP contribution is 2.34. The molecule has 2 nitrogen and oxygen atoms in total. The highest BCUT2D eigenvalue weighted by Gasteiger charge is 2.36. The lowest BCUT2D eigenvalue weighted by Crippen LogP contribution is -2.42. The lowest BCUT2D eigenvalue weighted by Gasteiger charge is -2.37. The molecule has 0 saturated heterocycles. The second-order valence-corrected chi connectivity index (χ2v) is 12.0. The SMILES string of the molecule is BC(c1ccccc1)c1ccccc1.C=C(C=CCC)[SiH2]C(c1ccccc1)(c1ccccc1)n1ccnc1. The number of benzene rings is 4. The summed E-state index contributed by atoms with van der Waals surface area (Å²) >= 11 is 0. The molecule has 0 aliphatic carbocycles. The van der Waals surface area contributed by atoms with Crippen molar-refractivity contribution in [1.82, 2.24) is 9.55 Å². The first kappa shape index (κ1) is 27.9. The van der Waals surface area contributed by atoms with Gasteiger partial charge in [-0.25, -0.2) is 4.98 Å². The first-order valence-electron chi connectivity index (χ1n) is 13.7. The molecule has 0 spiro atoms. The molecule has 0 radical (unpaired) electrons. The second kappa shape index (κ2) is 14.1. The van der Waals surface area contributed by atoms with Gasteiger partial charge < -0.3 is 4.57 Å².